The van der Waals surface area contributed by atoms with Crippen LogP contribution >= 0.6 is 11.6 Å². The SMILES string of the molecule is CCC1CCCN(c2ccc(C=O)cc2Cl)C1. The summed E-state index contributed by atoms with van der Waals surface area (Å²) in [6.07, 6.45) is 4.60. The first kappa shape index (κ1) is 12.4. The zero-order valence-electron chi connectivity index (χ0n) is 10.2. The average molecular weight is 252 g/mol. The summed E-state index contributed by atoms with van der Waals surface area (Å²) < 4.78 is 0. The van der Waals surface area contributed by atoms with Crippen LogP contribution in [0.2, 0.25) is 5.02 Å². The summed E-state index contributed by atoms with van der Waals surface area (Å²) in [5, 5.41) is 0.686. The Morgan fingerprint density at radius 2 is 2.35 bits per heavy atom. The number of piperidine rings is 1. The minimum atomic E-state index is 0.641. The lowest BCUT2D eigenvalue weighted by molar-refractivity contribution is 0.112. The summed E-state index contributed by atoms with van der Waals surface area (Å²) in [4.78, 5) is 13.0. The van der Waals surface area contributed by atoms with Gasteiger partial charge in [-0.2, -0.15) is 0 Å². The molecular weight excluding hydrogens is 234 g/mol. The predicted molar refractivity (Wildman–Crippen MR) is 72.1 cm³/mol. The molecule has 17 heavy (non-hydrogen) atoms. The molecule has 0 N–H and O–H groups in total. The smallest absolute Gasteiger partial charge is 0.150 e. The van der Waals surface area contributed by atoms with Gasteiger partial charge in [0.2, 0.25) is 0 Å². The van der Waals surface area contributed by atoms with Crippen LogP contribution in [0, 0.1) is 5.92 Å². The molecule has 0 bridgehead atoms. The molecule has 0 radical (unpaired) electrons. The van der Waals surface area contributed by atoms with Gasteiger partial charge in [0.15, 0.2) is 0 Å². The Labute approximate surface area is 108 Å². The lowest BCUT2D eigenvalue weighted by Crippen LogP contribution is -2.35. The van der Waals surface area contributed by atoms with Crippen LogP contribution in [0.15, 0.2) is 18.2 Å². The number of hydrogen-bond acceptors (Lipinski definition) is 2. The van der Waals surface area contributed by atoms with Gasteiger partial charge in [-0.15, -0.1) is 0 Å². The minimum absolute atomic E-state index is 0.641. The molecule has 1 heterocycles. The summed E-state index contributed by atoms with van der Waals surface area (Å²) in [5.41, 5.74) is 1.71. The second-order valence-corrected chi connectivity index (χ2v) is 5.10. The number of carbonyl (C=O) groups excluding carboxylic acids is 1. The second kappa shape index (κ2) is 5.54. The highest BCUT2D eigenvalue weighted by molar-refractivity contribution is 6.33. The molecular formula is C14H18ClNO. The first-order valence-corrected chi connectivity index (χ1v) is 6.62. The number of benzene rings is 1. The summed E-state index contributed by atoms with van der Waals surface area (Å²) in [5.74, 6) is 0.769. The van der Waals surface area contributed by atoms with Crippen molar-refractivity contribution in [1.29, 1.82) is 0 Å². The van der Waals surface area contributed by atoms with Crippen LogP contribution in [0.25, 0.3) is 0 Å². The van der Waals surface area contributed by atoms with E-state index >= 15 is 0 Å². The summed E-state index contributed by atoms with van der Waals surface area (Å²) in [6, 6.07) is 5.55. The van der Waals surface area contributed by atoms with Crippen LogP contribution in [0.3, 0.4) is 0 Å². The molecule has 1 fully saturated rings. The van der Waals surface area contributed by atoms with E-state index in [4.69, 9.17) is 11.6 Å². The fraction of sp³-hybridized carbons (Fsp3) is 0.500. The van der Waals surface area contributed by atoms with E-state index < -0.39 is 0 Å². The highest BCUT2D eigenvalue weighted by atomic mass is 35.5. The molecule has 0 aromatic heterocycles. The molecule has 1 saturated heterocycles. The van der Waals surface area contributed by atoms with Crippen molar-refractivity contribution in [3.63, 3.8) is 0 Å². The summed E-state index contributed by atoms with van der Waals surface area (Å²) >= 11 is 6.23. The van der Waals surface area contributed by atoms with Crippen molar-refractivity contribution in [2.75, 3.05) is 18.0 Å². The predicted octanol–water partition coefficient (Wildman–Crippen LogP) is 3.78. The molecule has 0 aliphatic carbocycles. The van der Waals surface area contributed by atoms with Gasteiger partial charge in [0, 0.05) is 18.7 Å². The topological polar surface area (TPSA) is 20.3 Å². The molecule has 1 aliphatic rings. The number of rotatable bonds is 3. The third kappa shape index (κ3) is 2.81. The number of hydrogen-bond donors (Lipinski definition) is 0. The van der Waals surface area contributed by atoms with Crippen molar-refractivity contribution in [1.82, 2.24) is 0 Å². The fourth-order valence-electron chi connectivity index (χ4n) is 2.47. The normalized spacial score (nSPS) is 20.4. The Hall–Kier alpha value is -1.02. The van der Waals surface area contributed by atoms with Crippen molar-refractivity contribution in [2.24, 2.45) is 5.92 Å². The van der Waals surface area contributed by atoms with Crippen LogP contribution in [-0.4, -0.2) is 19.4 Å². The molecule has 0 saturated carbocycles. The molecule has 0 amide bonds. The molecule has 92 valence electrons. The van der Waals surface area contributed by atoms with Crippen LogP contribution in [0.1, 0.15) is 36.5 Å². The van der Waals surface area contributed by atoms with Crippen molar-refractivity contribution in [3.8, 4) is 0 Å². The van der Waals surface area contributed by atoms with E-state index in [9.17, 15) is 4.79 Å². The number of anilines is 1. The van der Waals surface area contributed by atoms with Gasteiger partial charge >= 0.3 is 0 Å². The van der Waals surface area contributed by atoms with Gasteiger partial charge < -0.3 is 4.90 Å². The lowest BCUT2D eigenvalue weighted by atomic mass is 9.95. The number of halogens is 1. The Morgan fingerprint density at radius 3 is 3.00 bits per heavy atom. The van der Waals surface area contributed by atoms with Gasteiger partial charge in [-0.3, -0.25) is 4.79 Å². The first-order chi connectivity index (χ1) is 8.24. The molecule has 1 atom stereocenters. The Morgan fingerprint density at radius 1 is 1.53 bits per heavy atom. The van der Waals surface area contributed by atoms with Crippen molar-refractivity contribution < 1.29 is 4.79 Å². The molecule has 2 rings (SSSR count). The van der Waals surface area contributed by atoms with Gasteiger partial charge in [-0.25, -0.2) is 0 Å². The van der Waals surface area contributed by atoms with Gasteiger partial charge in [0.05, 0.1) is 10.7 Å². The minimum Gasteiger partial charge on any atom is -0.370 e. The standard InChI is InChI=1S/C14H18ClNO/c1-2-11-4-3-7-16(9-11)14-6-5-12(10-17)8-13(14)15/h5-6,8,10-11H,2-4,7,9H2,1H3. The third-order valence-corrected chi connectivity index (χ3v) is 3.85. The van der Waals surface area contributed by atoms with E-state index in [-0.39, 0.29) is 0 Å². The van der Waals surface area contributed by atoms with Gasteiger partial charge in [0.1, 0.15) is 6.29 Å². The Kier molecular flexibility index (Phi) is 4.06. The van der Waals surface area contributed by atoms with Gasteiger partial charge in [-0.1, -0.05) is 24.9 Å². The highest BCUT2D eigenvalue weighted by Crippen LogP contribution is 2.31. The largest absolute Gasteiger partial charge is 0.370 e. The summed E-state index contributed by atoms with van der Waals surface area (Å²) in [7, 11) is 0. The van der Waals surface area contributed by atoms with E-state index in [1.54, 1.807) is 6.07 Å². The van der Waals surface area contributed by atoms with E-state index in [1.807, 2.05) is 12.1 Å². The maximum atomic E-state index is 10.7. The number of nitrogens with zero attached hydrogens (tertiary/aromatic N) is 1. The monoisotopic (exact) mass is 251 g/mol. The average Bonchev–Trinajstić information content (AvgIpc) is 2.38. The lowest BCUT2D eigenvalue weighted by Gasteiger charge is -2.34. The molecule has 1 aromatic carbocycles. The van der Waals surface area contributed by atoms with Crippen LogP contribution in [0.4, 0.5) is 5.69 Å². The zero-order chi connectivity index (χ0) is 12.3. The van der Waals surface area contributed by atoms with E-state index in [2.05, 4.69) is 11.8 Å². The van der Waals surface area contributed by atoms with Crippen molar-refractivity contribution in [3.05, 3.63) is 28.8 Å². The molecule has 1 aliphatic heterocycles. The van der Waals surface area contributed by atoms with Gasteiger partial charge in [-0.05, 0) is 37.0 Å². The first-order valence-electron chi connectivity index (χ1n) is 6.24. The van der Waals surface area contributed by atoms with Crippen LogP contribution in [-0.2, 0) is 0 Å². The van der Waals surface area contributed by atoms with E-state index in [0.717, 1.165) is 31.0 Å². The molecule has 1 aromatic rings. The van der Waals surface area contributed by atoms with Gasteiger partial charge in [0.25, 0.3) is 0 Å². The van der Waals surface area contributed by atoms with Crippen molar-refractivity contribution >= 4 is 23.6 Å². The molecule has 1 unspecified atom stereocenters. The number of aldehydes is 1. The third-order valence-electron chi connectivity index (χ3n) is 3.54. The van der Waals surface area contributed by atoms with Crippen LogP contribution in [0.5, 0.6) is 0 Å². The zero-order valence-corrected chi connectivity index (χ0v) is 10.9. The Balaban J connectivity index is 2.18. The Bertz CT molecular complexity index is 405. The molecule has 0 spiro atoms. The van der Waals surface area contributed by atoms with E-state index in [1.165, 1.54) is 19.3 Å². The summed E-state index contributed by atoms with van der Waals surface area (Å²) in [6.45, 7) is 4.39. The second-order valence-electron chi connectivity index (χ2n) is 4.69. The van der Waals surface area contributed by atoms with Crippen LogP contribution < -0.4 is 4.90 Å². The van der Waals surface area contributed by atoms with Crippen molar-refractivity contribution in [2.45, 2.75) is 26.2 Å². The molecule has 3 heteroatoms. The molecule has 2 nitrogen and oxygen atoms in total. The quantitative estimate of drug-likeness (QED) is 0.762. The van der Waals surface area contributed by atoms with E-state index in [0.29, 0.717) is 10.6 Å². The highest BCUT2D eigenvalue weighted by Gasteiger charge is 2.20. The fourth-order valence-corrected chi connectivity index (χ4v) is 2.78. The number of carbonyl (C=O) groups is 1. The maximum Gasteiger partial charge on any atom is 0.150 e. The maximum absolute atomic E-state index is 10.7.